The van der Waals surface area contributed by atoms with Crippen molar-refractivity contribution in [1.29, 1.82) is 0 Å². The number of benzene rings is 1. The van der Waals surface area contributed by atoms with Gasteiger partial charge in [0.2, 0.25) is 0 Å². The van der Waals surface area contributed by atoms with Crippen LogP contribution in [0.4, 0.5) is 5.13 Å². The van der Waals surface area contributed by atoms with Gasteiger partial charge in [-0.2, -0.15) is 0 Å². The molecule has 20 heavy (non-hydrogen) atoms. The molecule has 3 aromatic rings. The van der Waals surface area contributed by atoms with Crippen LogP contribution in [0.5, 0.6) is 0 Å². The molecular weight excluding hydrogens is 294 g/mol. The first-order valence-corrected chi connectivity index (χ1v) is 7.13. The fourth-order valence-electron chi connectivity index (χ4n) is 1.80. The minimum Gasteiger partial charge on any atom is -0.322 e. The fraction of sp³-hybridized carbons (Fsp3) is 0. The summed E-state index contributed by atoms with van der Waals surface area (Å²) in [5, 5.41) is 5.72. The van der Waals surface area contributed by atoms with Crippen LogP contribution < -0.4 is 5.32 Å². The molecule has 0 saturated carbocycles. The van der Waals surface area contributed by atoms with E-state index in [-0.39, 0.29) is 5.91 Å². The van der Waals surface area contributed by atoms with Crippen LogP contribution in [0.25, 0.3) is 5.69 Å². The molecule has 1 amide bonds. The number of carbonyl (C=O) groups excluding carboxylic acids is 1. The number of nitrogens with zero attached hydrogens (tertiary/aromatic N) is 2. The highest BCUT2D eigenvalue weighted by atomic mass is 35.5. The molecule has 0 unspecified atom stereocenters. The Bertz CT molecular complexity index is 723. The van der Waals surface area contributed by atoms with E-state index in [0.717, 1.165) is 5.69 Å². The monoisotopic (exact) mass is 303 g/mol. The van der Waals surface area contributed by atoms with Crippen LogP contribution in [0.15, 0.2) is 54.3 Å². The summed E-state index contributed by atoms with van der Waals surface area (Å²) in [7, 11) is 0. The van der Waals surface area contributed by atoms with Crippen molar-refractivity contribution in [2.45, 2.75) is 0 Å². The largest absolute Gasteiger partial charge is 0.322 e. The second-order valence-corrected chi connectivity index (χ2v) is 5.35. The Kier molecular flexibility index (Phi) is 3.54. The summed E-state index contributed by atoms with van der Waals surface area (Å²) in [5.74, 6) is -0.204. The normalized spacial score (nSPS) is 10.4. The summed E-state index contributed by atoms with van der Waals surface area (Å²) in [6.07, 6.45) is 5.40. The smallest absolute Gasteiger partial charge is 0.257 e. The molecule has 0 aliphatic rings. The lowest BCUT2D eigenvalue weighted by Gasteiger charge is -2.08. The number of hydrogen-bond acceptors (Lipinski definition) is 3. The third-order valence-electron chi connectivity index (χ3n) is 2.74. The van der Waals surface area contributed by atoms with Crippen LogP contribution >= 0.6 is 22.9 Å². The molecular formula is C14H10ClN3OS. The summed E-state index contributed by atoms with van der Waals surface area (Å²) < 4.78 is 1.86. The molecule has 2 heterocycles. The SMILES string of the molecule is O=C(Nc1nccs1)c1ccc(Cl)c(-n2cccc2)c1. The van der Waals surface area contributed by atoms with E-state index in [0.29, 0.717) is 15.7 Å². The molecule has 0 aliphatic carbocycles. The zero-order valence-corrected chi connectivity index (χ0v) is 11.9. The Balaban J connectivity index is 1.91. The maximum Gasteiger partial charge on any atom is 0.257 e. The minimum atomic E-state index is -0.204. The van der Waals surface area contributed by atoms with Crippen LogP contribution in [0.1, 0.15) is 10.4 Å². The van der Waals surface area contributed by atoms with E-state index < -0.39 is 0 Å². The lowest BCUT2D eigenvalue weighted by Crippen LogP contribution is -2.12. The second kappa shape index (κ2) is 5.48. The number of rotatable bonds is 3. The molecule has 2 aromatic heterocycles. The first kappa shape index (κ1) is 12.9. The van der Waals surface area contributed by atoms with Gasteiger partial charge in [0, 0.05) is 29.5 Å². The van der Waals surface area contributed by atoms with E-state index in [4.69, 9.17) is 11.6 Å². The molecule has 100 valence electrons. The van der Waals surface area contributed by atoms with Gasteiger partial charge >= 0.3 is 0 Å². The Morgan fingerprint density at radius 2 is 2.10 bits per heavy atom. The average molecular weight is 304 g/mol. The highest BCUT2D eigenvalue weighted by molar-refractivity contribution is 7.13. The molecule has 0 saturated heterocycles. The van der Waals surface area contributed by atoms with E-state index >= 15 is 0 Å². The lowest BCUT2D eigenvalue weighted by atomic mass is 10.2. The number of anilines is 1. The number of aromatic nitrogens is 2. The Hall–Kier alpha value is -2.11. The fourth-order valence-corrected chi connectivity index (χ4v) is 2.54. The van der Waals surface area contributed by atoms with Crippen molar-refractivity contribution >= 4 is 34.0 Å². The number of hydrogen-bond donors (Lipinski definition) is 1. The lowest BCUT2D eigenvalue weighted by molar-refractivity contribution is 0.102. The summed E-state index contributed by atoms with van der Waals surface area (Å²) >= 11 is 7.55. The number of carbonyl (C=O) groups is 1. The van der Waals surface area contributed by atoms with Crippen molar-refractivity contribution in [2.75, 3.05) is 5.32 Å². The topological polar surface area (TPSA) is 46.9 Å². The van der Waals surface area contributed by atoms with Crippen molar-refractivity contribution < 1.29 is 4.79 Å². The molecule has 0 spiro atoms. The highest BCUT2D eigenvalue weighted by Crippen LogP contribution is 2.23. The van der Waals surface area contributed by atoms with Crippen LogP contribution in [0, 0.1) is 0 Å². The molecule has 3 rings (SSSR count). The molecule has 1 N–H and O–H groups in total. The molecule has 0 radical (unpaired) electrons. The van der Waals surface area contributed by atoms with E-state index in [1.54, 1.807) is 24.4 Å². The van der Waals surface area contributed by atoms with Crippen molar-refractivity contribution in [3.05, 3.63) is 64.9 Å². The van der Waals surface area contributed by atoms with Crippen molar-refractivity contribution in [3.8, 4) is 5.69 Å². The summed E-state index contributed by atoms with van der Waals surface area (Å²) in [6.45, 7) is 0. The van der Waals surface area contributed by atoms with Crippen molar-refractivity contribution in [3.63, 3.8) is 0 Å². The average Bonchev–Trinajstić information content (AvgIpc) is 3.11. The zero-order valence-electron chi connectivity index (χ0n) is 10.3. The quantitative estimate of drug-likeness (QED) is 0.799. The van der Waals surface area contributed by atoms with Crippen LogP contribution in [0.3, 0.4) is 0 Å². The summed E-state index contributed by atoms with van der Waals surface area (Å²) in [4.78, 5) is 16.2. The summed E-state index contributed by atoms with van der Waals surface area (Å²) in [6, 6.07) is 8.97. The van der Waals surface area contributed by atoms with Gasteiger partial charge in [-0.3, -0.25) is 10.1 Å². The number of amides is 1. The Morgan fingerprint density at radius 1 is 1.30 bits per heavy atom. The van der Waals surface area contributed by atoms with E-state index in [1.165, 1.54) is 11.3 Å². The third-order valence-corrected chi connectivity index (χ3v) is 3.75. The third kappa shape index (κ3) is 2.59. The molecule has 0 bridgehead atoms. The van der Waals surface area contributed by atoms with Gasteiger partial charge in [-0.1, -0.05) is 11.6 Å². The van der Waals surface area contributed by atoms with Gasteiger partial charge in [0.05, 0.1) is 10.7 Å². The minimum absolute atomic E-state index is 0.204. The van der Waals surface area contributed by atoms with Crippen molar-refractivity contribution in [1.82, 2.24) is 9.55 Å². The number of thiazole rings is 1. The van der Waals surface area contributed by atoms with Gasteiger partial charge in [-0.05, 0) is 30.3 Å². The standard InChI is InChI=1S/C14H10ClN3OS/c15-11-4-3-10(9-12(11)18-6-1-2-7-18)13(19)17-14-16-5-8-20-14/h1-9H,(H,16,17,19). The maximum atomic E-state index is 12.1. The molecule has 0 aliphatic heterocycles. The first-order valence-electron chi connectivity index (χ1n) is 5.88. The Labute approximate surface area is 124 Å². The number of halogens is 1. The van der Waals surface area contributed by atoms with Gasteiger partial charge in [-0.15, -0.1) is 11.3 Å². The summed E-state index contributed by atoms with van der Waals surface area (Å²) in [5.41, 5.74) is 1.30. The van der Waals surface area contributed by atoms with Crippen LogP contribution in [0.2, 0.25) is 5.02 Å². The molecule has 1 aromatic carbocycles. The number of nitrogens with one attached hydrogen (secondary N) is 1. The van der Waals surface area contributed by atoms with Gasteiger partial charge in [0.15, 0.2) is 5.13 Å². The highest BCUT2D eigenvalue weighted by Gasteiger charge is 2.11. The van der Waals surface area contributed by atoms with Gasteiger partial charge in [0.1, 0.15) is 0 Å². The maximum absolute atomic E-state index is 12.1. The second-order valence-electron chi connectivity index (χ2n) is 4.05. The van der Waals surface area contributed by atoms with Gasteiger partial charge < -0.3 is 4.57 Å². The zero-order chi connectivity index (χ0) is 13.9. The molecule has 0 atom stereocenters. The van der Waals surface area contributed by atoms with Crippen LogP contribution in [-0.4, -0.2) is 15.5 Å². The van der Waals surface area contributed by atoms with Gasteiger partial charge in [0.25, 0.3) is 5.91 Å². The first-order chi connectivity index (χ1) is 9.74. The van der Waals surface area contributed by atoms with E-state index in [1.807, 2.05) is 34.5 Å². The van der Waals surface area contributed by atoms with E-state index in [9.17, 15) is 4.79 Å². The van der Waals surface area contributed by atoms with Crippen molar-refractivity contribution in [2.24, 2.45) is 0 Å². The molecule has 0 fully saturated rings. The van der Waals surface area contributed by atoms with Crippen LogP contribution in [-0.2, 0) is 0 Å². The predicted molar refractivity (Wildman–Crippen MR) is 80.8 cm³/mol. The molecule has 6 heteroatoms. The van der Waals surface area contributed by atoms with Gasteiger partial charge in [-0.25, -0.2) is 4.98 Å². The Morgan fingerprint density at radius 3 is 2.80 bits per heavy atom. The molecule has 4 nitrogen and oxygen atoms in total. The predicted octanol–water partition coefficient (Wildman–Crippen LogP) is 3.84. The van der Waals surface area contributed by atoms with E-state index in [2.05, 4.69) is 10.3 Å².